The topological polar surface area (TPSA) is 116 Å². The Morgan fingerprint density at radius 3 is 2.62 bits per heavy atom. The number of nitrogens with zero attached hydrogens (tertiary/aromatic N) is 1. The molecule has 0 unspecified atom stereocenters. The van der Waals surface area contributed by atoms with Gasteiger partial charge in [0.15, 0.2) is 0 Å². The summed E-state index contributed by atoms with van der Waals surface area (Å²) in [4.78, 5) is 21.0. The highest BCUT2D eigenvalue weighted by atomic mass is 35.5. The van der Waals surface area contributed by atoms with E-state index in [-0.39, 0.29) is 19.0 Å². The third-order valence-corrected chi connectivity index (χ3v) is 2.48. The first-order chi connectivity index (χ1) is 9.21. The number of hydrogen-bond donors (Lipinski definition) is 2. The first-order valence-corrected chi connectivity index (χ1v) is 5.49. The fourth-order valence-electron chi connectivity index (χ4n) is 1.51. The molecule has 10 heteroatoms. The van der Waals surface area contributed by atoms with Crippen LogP contribution in [0.4, 0.5) is 14.5 Å². The zero-order chi connectivity index (χ0) is 15.5. The smallest absolute Gasteiger partial charge is 0.379 e. The Kier molecular flexibility index (Phi) is 6.46. The van der Waals surface area contributed by atoms with Crippen LogP contribution in [0.1, 0.15) is 18.5 Å². The van der Waals surface area contributed by atoms with Crippen molar-refractivity contribution in [3.05, 3.63) is 33.9 Å². The van der Waals surface area contributed by atoms with Crippen LogP contribution in [0.15, 0.2) is 18.2 Å². The van der Waals surface area contributed by atoms with Crippen LogP contribution in [0.2, 0.25) is 0 Å². The Bertz CT molecular complexity index is 541. The molecule has 7 nitrogen and oxygen atoms in total. The molecule has 0 aliphatic heterocycles. The molecule has 1 aromatic rings. The van der Waals surface area contributed by atoms with Gasteiger partial charge in [-0.15, -0.1) is 12.4 Å². The van der Waals surface area contributed by atoms with Gasteiger partial charge in [-0.25, -0.2) is 4.79 Å². The maximum atomic E-state index is 13.8. The summed E-state index contributed by atoms with van der Waals surface area (Å²) in [6, 6.07) is 0.188. The number of alkyl halides is 2. The molecule has 0 aliphatic carbocycles. The van der Waals surface area contributed by atoms with Crippen LogP contribution in [0.3, 0.4) is 0 Å². The predicted octanol–water partition coefficient (Wildman–Crippen LogP) is 1.92. The molecular formula is C11H13ClF2N2O5. The van der Waals surface area contributed by atoms with Crippen LogP contribution >= 0.6 is 12.4 Å². The lowest BCUT2D eigenvalue weighted by Gasteiger charge is -2.21. The number of nitro benzene ring substituents is 1. The molecule has 1 rings (SSSR count). The average molecular weight is 327 g/mol. The first-order valence-electron chi connectivity index (χ1n) is 5.49. The summed E-state index contributed by atoms with van der Waals surface area (Å²) < 4.78 is 31.7. The molecule has 0 bridgehead atoms. The van der Waals surface area contributed by atoms with Gasteiger partial charge in [-0.3, -0.25) is 10.1 Å². The standard InChI is InChI=1S/C11H12F2N2O5.ClH/c1-2-20-10(17)11(12,13)9(14)7-5-6(16)3-4-8(7)15(18)19;/h3-5,9,16H,2,14H2,1H3;1H/t9-;/m0./s1. The number of hydrogen-bond acceptors (Lipinski definition) is 6. The predicted molar refractivity (Wildman–Crippen MR) is 70.5 cm³/mol. The minimum atomic E-state index is -4.16. The molecule has 21 heavy (non-hydrogen) atoms. The average Bonchev–Trinajstić information content (AvgIpc) is 2.37. The lowest BCUT2D eigenvalue weighted by molar-refractivity contribution is -0.386. The monoisotopic (exact) mass is 326 g/mol. The van der Waals surface area contributed by atoms with Crippen LogP contribution in [-0.4, -0.2) is 28.5 Å². The number of ether oxygens (including phenoxy) is 1. The lowest BCUT2D eigenvalue weighted by Crippen LogP contribution is -2.42. The molecule has 0 spiro atoms. The van der Waals surface area contributed by atoms with E-state index in [4.69, 9.17) is 5.73 Å². The van der Waals surface area contributed by atoms with Crippen LogP contribution in [0, 0.1) is 10.1 Å². The summed E-state index contributed by atoms with van der Waals surface area (Å²) in [5, 5.41) is 20.0. The number of benzene rings is 1. The second-order valence-corrected chi connectivity index (χ2v) is 3.82. The van der Waals surface area contributed by atoms with E-state index in [1.54, 1.807) is 0 Å². The van der Waals surface area contributed by atoms with Crippen molar-refractivity contribution >= 4 is 24.1 Å². The van der Waals surface area contributed by atoms with E-state index in [0.29, 0.717) is 0 Å². The first kappa shape index (κ1) is 19.0. The molecular weight excluding hydrogens is 314 g/mol. The van der Waals surface area contributed by atoms with Crippen molar-refractivity contribution in [3.8, 4) is 5.75 Å². The molecule has 1 atom stereocenters. The van der Waals surface area contributed by atoms with E-state index >= 15 is 0 Å². The van der Waals surface area contributed by atoms with Gasteiger partial charge in [0.2, 0.25) is 0 Å². The Labute approximate surface area is 124 Å². The van der Waals surface area contributed by atoms with Crippen LogP contribution in [0.5, 0.6) is 5.75 Å². The van der Waals surface area contributed by atoms with Crippen LogP contribution in [-0.2, 0) is 9.53 Å². The van der Waals surface area contributed by atoms with E-state index in [9.17, 15) is 28.8 Å². The fourth-order valence-corrected chi connectivity index (χ4v) is 1.51. The number of phenolic OH excluding ortho intramolecular Hbond substituents is 1. The van der Waals surface area contributed by atoms with Gasteiger partial charge < -0.3 is 15.6 Å². The number of aromatic hydroxyl groups is 1. The highest BCUT2D eigenvalue weighted by molar-refractivity contribution is 5.85. The minimum Gasteiger partial charge on any atom is -0.508 e. The van der Waals surface area contributed by atoms with Gasteiger partial charge in [0.1, 0.15) is 11.8 Å². The second kappa shape index (κ2) is 7.14. The number of rotatable bonds is 5. The van der Waals surface area contributed by atoms with E-state index < -0.39 is 39.9 Å². The van der Waals surface area contributed by atoms with Crippen LogP contribution < -0.4 is 5.73 Å². The molecule has 0 aliphatic rings. The van der Waals surface area contributed by atoms with Gasteiger partial charge in [0.05, 0.1) is 17.1 Å². The molecule has 0 heterocycles. The molecule has 0 saturated heterocycles. The van der Waals surface area contributed by atoms with Gasteiger partial charge in [-0.2, -0.15) is 8.78 Å². The molecule has 0 fully saturated rings. The number of carbonyl (C=O) groups is 1. The van der Waals surface area contributed by atoms with Crippen molar-refractivity contribution in [3.63, 3.8) is 0 Å². The Balaban J connectivity index is 0.00000400. The highest BCUT2D eigenvalue weighted by Gasteiger charge is 2.49. The fraction of sp³-hybridized carbons (Fsp3) is 0.364. The Morgan fingerprint density at radius 2 is 2.14 bits per heavy atom. The minimum absolute atomic E-state index is 0. The van der Waals surface area contributed by atoms with Crippen molar-refractivity contribution in [1.29, 1.82) is 0 Å². The molecule has 3 N–H and O–H groups in total. The van der Waals surface area contributed by atoms with E-state index in [1.807, 2.05) is 0 Å². The number of nitrogens with two attached hydrogens (primary N) is 1. The number of halogens is 3. The molecule has 118 valence electrons. The quantitative estimate of drug-likeness (QED) is 0.485. The van der Waals surface area contributed by atoms with Crippen LogP contribution in [0.25, 0.3) is 0 Å². The number of esters is 1. The SMILES string of the molecule is CCOC(=O)C(F)(F)[C@@H](N)c1cc(O)ccc1[N+](=O)[O-].Cl. The molecule has 0 saturated carbocycles. The van der Waals surface area contributed by atoms with Crippen molar-refractivity contribution in [2.45, 2.75) is 18.9 Å². The third-order valence-electron chi connectivity index (χ3n) is 2.48. The van der Waals surface area contributed by atoms with E-state index in [1.165, 1.54) is 6.92 Å². The van der Waals surface area contributed by atoms with E-state index in [2.05, 4.69) is 4.74 Å². The summed E-state index contributed by atoms with van der Waals surface area (Å²) >= 11 is 0. The molecule has 0 radical (unpaired) electrons. The molecule has 0 amide bonds. The van der Waals surface area contributed by atoms with Crippen molar-refractivity contribution in [2.75, 3.05) is 6.61 Å². The molecule has 1 aromatic carbocycles. The summed E-state index contributed by atoms with van der Waals surface area (Å²) in [6.45, 7) is 1.04. The Hall–Kier alpha value is -2.00. The maximum Gasteiger partial charge on any atom is 0.379 e. The zero-order valence-corrected chi connectivity index (χ0v) is 11.6. The third kappa shape index (κ3) is 3.99. The maximum absolute atomic E-state index is 13.8. The van der Waals surface area contributed by atoms with Crippen molar-refractivity contribution < 1.29 is 28.3 Å². The summed E-state index contributed by atoms with van der Waals surface area (Å²) in [5.74, 6) is -6.53. The van der Waals surface area contributed by atoms with Gasteiger partial charge >= 0.3 is 11.9 Å². The summed E-state index contributed by atoms with van der Waals surface area (Å²) in [7, 11) is 0. The zero-order valence-electron chi connectivity index (χ0n) is 10.8. The van der Waals surface area contributed by atoms with Crippen molar-refractivity contribution in [2.24, 2.45) is 5.73 Å². The normalized spacial score (nSPS) is 12.2. The van der Waals surface area contributed by atoms with Gasteiger partial charge in [0, 0.05) is 6.07 Å². The van der Waals surface area contributed by atoms with Gasteiger partial charge in [0.25, 0.3) is 5.69 Å². The highest BCUT2D eigenvalue weighted by Crippen LogP contribution is 2.36. The van der Waals surface area contributed by atoms with Gasteiger partial charge in [-0.1, -0.05) is 0 Å². The van der Waals surface area contributed by atoms with Crippen molar-refractivity contribution in [1.82, 2.24) is 0 Å². The largest absolute Gasteiger partial charge is 0.508 e. The van der Waals surface area contributed by atoms with Gasteiger partial charge in [-0.05, 0) is 19.1 Å². The number of phenols is 1. The van der Waals surface area contributed by atoms with E-state index in [0.717, 1.165) is 18.2 Å². The second-order valence-electron chi connectivity index (χ2n) is 3.82. The summed E-state index contributed by atoms with van der Waals surface area (Å²) in [5.41, 5.74) is 3.86. The number of carbonyl (C=O) groups excluding carboxylic acids is 1. The lowest BCUT2D eigenvalue weighted by atomic mass is 9.99. The molecule has 0 aromatic heterocycles. The summed E-state index contributed by atoms with van der Waals surface area (Å²) in [6.07, 6.45) is 0. The number of nitro groups is 1. The Morgan fingerprint density at radius 1 is 1.57 bits per heavy atom.